The molecule has 1 N–H and O–H groups in total. The highest BCUT2D eigenvalue weighted by atomic mass is 35.5. The van der Waals surface area contributed by atoms with Crippen LogP contribution < -0.4 is 10.2 Å². The fourth-order valence-electron chi connectivity index (χ4n) is 2.59. The summed E-state index contributed by atoms with van der Waals surface area (Å²) in [5.74, 6) is 0. The predicted molar refractivity (Wildman–Crippen MR) is 87.8 cm³/mol. The smallest absolute Gasteiger partial charge is 0.0637 e. The Morgan fingerprint density at radius 1 is 1.30 bits per heavy atom. The first-order chi connectivity index (χ1) is 9.69. The van der Waals surface area contributed by atoms with Gasteiger partial charge in [0, 0.05) is 42.5 Å². The van der Waals surface area contributed by atoms with E-state index < -0.39 is 0 Å². The Labute approximate surface area is 128 Å². The van der Waals surface area contributed by atoms with Crippen molar-refractivity contribution in [1.29, 1.82) is 0 Å². The first-order valence-electron chi connectivity index (χ1n) is 7.37. The van der Waals surface area contributed by atoms with Crippen LogP contribution in [0.4, 0.5) is 5.69 Å². The van der Waals surface area contributed by atoms with Gasteiger partial charge in [0.2, 0.25) is 0 Å². The van der Waals surface area contributed by atoms with Crippen molar-refractivity contribution >= 4 is 17.3 Å². The zero-order valence-electron chi connectivity index (χ0n) is 13.1. The molecule has 0 saturated heterocycles. The van der Waals surface area contributed by atoms with Gasteiger partial charge in [-0.25, -0.2) is 0 Å². The number of hydrogen-bond donors (Lipinski definition) is 1. The third-order valence-electron chi connectivity index (χ3n) is 3.68. The molecule has 0 saturated carbocycles. The van der Waals surface area contributed by atoms with Crippen LogP contribution in [0, 0.1) is 0 Å². The van der Waals surface area contributed by atoms with E-state index in [1.54, 1.807) is 7.11 Å². The van der Waals surface area contributed by atoms with Crippen LogP contribution in [0.2, 0.25) is 5.02 Å². The average molecular weight is 299 g/mol. The molecule has 0 aliphatic rings. The lowest BCUT2D eigenvalue weighted by Crippen LogP contribution is -2.38. The van der Waals surface area contributed by atoms with Gasteiger partial charge in [-0.2, -0.15) is 0 Å². The summed E-state index contributed by atoms with van der Waals surface area (Å²) >= 11 is 6.38. The minimum Gasteiger partial charge on any atom is -0.383 e. The van der Waals surface area contributed by atoms with E-state index in [0.717, 1.165) is 37.6 Å². The molecule has 1 aromatic rings. The van der Waals surface area contributed by atoms with E-state index in [2.05, 4.69) is 30.1 Å². The molecule has 0 spiro atoms. The number of ether oxygens (including phenoxy) is 1. The highest BCUT2D eigenvalue weighted by Crippen LogP contribution is 2.30. The molecule has 0 aromatic heterocycles. The first-order valence-corrected chi connectivity index (χ1v) is 7.74. The normalized spacial score (nSPS) is 11.1. The summed E-state index contributed by atoms with van der Waals surface area (Å²) in [6.45, 7) is 6.85. The van der Waals surface area contributed by atoms with Gasteiger partial charge in [-0.15, -0.1) is 0 Å². The Hall–Kier alpha value is -0.770. The third kappa shape index (κ3) is 4.37. The van der Waals surface area contributed by atoms with E-state index in [9.17, 15) is 0 Å². The van der Waals surface area contributed by atoms with Crippen LogP contribution in [0.5, 0.6) is 0 Å². The van der Waals surface area contributed by atoms with Gasteiger partial charge in [-0.3, -0.25) is 0 Å². The molecule has 0 unspecified atom stereocenters. The summed E-state index contributed by atoms with van der Waals surface area (Å²) in [6, 6.07) is 6.66. The minimum absolute atomic E-state index is 0.513. The Kier molecular flexibility index (Phi) is 7.97. The average Bonchev–Trinajstić information content (AvgIpc) is 2.46. The Morgan fingerprint density at radius 3 is 2.55 bits per heavy atom. The second-order valence-electron chi connectivity index (χ2n) is 4.92. The molecule has 0 aliphatic heterocycles. The molecular formula is C16H27ClN2O. The lowest BCUT2D eigenvalue weighted by Gasteiger charge is -2.34. The maximum Gasteiger partial charge on any atom is 0.0637 e. The summed E-state index contributed by atoms with van der Waals surface area (Å²) in [6.07, 6.45) is 2.23. The summed E-state index contributed by atoms with van der Waals surface area (Å²) < 4.78 is 5.27. The largest absolute Gasteiger partial charge is 0.383 e. The second-order valence-corrected chi connectivity index (χ2v) is 5.33. The highest BCUT2D eigenvalue weighted by Gasteiger charge is 2.19. The van der Waals surface area contributed by atoms with E-state index in [-0.39, 0.29) is 0 Å². The van der Waals surface area contributed by atoms with Crippen molar-refractivity contribution in [1.82, 2.24) is 5.32 Å². The summed E-state index contributed by atoms with van der Waals surface area (Å²) in [4.78, 5) is 2.43. The second kappa shape index (κ2) is 9.22. The van der Waals surface area contributed by atoms with Gasteiger partial charge in [0.15, 0.2) is 0 Å². The van der Waals surface area contributed by atoms with Gasteiger partial charge in [0.25, 0.3) is 0 Å². The SMILES string of the molecule is CCC(CC)N(CCOC)c1cccc(Cl)c1CNC. The molecule has 3 nitrogen and oxygen atoms in total. The van der Waals surface area contributed by atoms with Crippen LogP contribution in [0.25, 0.3) is 0 Å². The number of halogens is 1. The van der Waals surface area contributed by atoms with Crippen molar-refractivity contribution in [2.24, 2.45) is 0 Å². The van der Waals surface area contributed by atoms with E-state index >= 15 is 0 Å². The van der Waals surface area contributed by atoms with Crippen molar-refractivity contribution in [3.05, 3.63) is 28.8 Å². The molecular weight excluding hydrogens is 272 g/mol. The topological polar surface area (TPSA) is 24.5 Å². The van der Waals surface area contributed by atoms with Crippen molar-refractivity contribution in [2.45, 2.75) is 39.3 Å². The van der Waals surface area contributed by atoms with Crippen LogP contribution in [-0.4, -0.2) is 33.4 Å². The predicted octanol–water partition coefficient (Wildman–Crippen LogP) is 3.70. The van der Waals surface area contributed by atoms with Crippen molar-refractivity contribution in [2.75, 3.05) is 32.2 Å². The van der Waals surface area contributed by atoms with E-state index in [1.807, 2.05) is 19.2 Å². The number of nitrogens with zero attached hydrogens (tertiary/aromatic N) is 1. The number of methoxy groups -OCH3 is 1. The van der Waals surface area contributed by atoms with Crippen LogP contribution in [0.15, 0.2) is 18.2 Å². The molecule has 114 valence electrons. The van der Waals surface area contributed by atoms with Crippen molar-refractivity contribution in [3.63, 3.8) is 0 Å². The molecule has 0 bridgehead atoms. The molecule has 0 fully saturated rings. The summed E-state index contributed by atoms with van der Waals surface area (Å²) in [7, 11) is 3.70. The number of hydrogen-bond acceptors (Lipinski definition) is 3. The van der Waals surface area contributed by atoms with Crippen LogP contribution in [0.1, 0.15) is 32.3 Å². The first kappa shape index (κ1) is 17.3. The van der Waals surface area contributed by atoms with E-state index in [1.165, 1.54) is 11.3 Å². The van der Waals surface area contributed by atoms with Gasteiger partial charge in [-0.05, 0) is 32.0 Å². The lowest BCUT2D eigenvalue weighted by atomic mass is 10.1. The van der Waals surface area contributed by atoms with Crippen LogP contribution in [-0.2, 0) is 11.3 Å². The molecule has 4 heteroatoms. The van der Waals surface area contributed by atoms with Crippen molar-refractivity contribution < 1.29 is 4.74 Å². The van der Waals surface area contributed by atoms with E-state index in [0.29, 0.717) is 6.04 Å². The number of benzene rings is 1. The fourth-order valence-corrected chi connectivity index (χ4v) is 2.82. The Balaban J connectivity index is 3.14. The van der Waals surface area contributed by atoms with Crippen LogP contribution in [0.3, 0.4) is 0 Å². The molecule has 0 radical (unpaired) electrons. The Morgan fingerprint density at radius 2 is 2.00 bits per heavy atom. The van der Waals surface area contributed by atoms with Crippen molar-refractivity contribution in [3.8, 4) is 0 Å². The van der Waals surface area contributed by atoms with Gasteiger partial charge >= 0.3 is 0 Å². The van der Waals surface area contributed by atoms with Gasteiger partial charge < -0.3 is 15.0 Å². The monoisotopic (exact) mass is 298 g/mol. The maximum absolute atomic E-state index is 6.38. The zero-order chi connectivity index (χ0) is 15.0. The molecule has 0 amide bonds. The molecule has 20 heavy (non-hydrogen) atoms. The maximum atomic E-state index is 6.38. The molecule has 1 rings (SSSR count). The summed E-state index contributed by atoms with van der Waals surface area (Å²) in [5.41, 5.74) is 2.39. The minimum atomic E-state index is 0.513. The van der Waals surface area contributed by atoms with Gasteiger partial charge in [-0.1, -0.05) is 31.5 Å². The standard InChI is InChI=1S/C16H27ClN2O/c1-5-13(6-2)19(10-11-20-4)16-9-7-8-15(17)14(16)12-18-3/h7-9,13,18H,5-6,10-12H2,1-4H3. The third-order valence-corrected chi connectivity index (χ3v) is 4.03. The van der Waals surface area contributed by atoms with Gasteiger partial charge in [0.1, 0.15) is 0 Å². The fraction of sp³-hybridized carbons (Fsp3) is 0.625. The number of anilines is 1. The number of nitrogens with one attached hydrogen (secondary N) is 1. The molecule has 1 aromatic carbocycles. The van der Waals surface area contributed by atoms with Crippen LogP contribution >= 0.6 is 11.6 Å². The lowest BCUT2D eigenvalue weighted by molar-refractivity contribution is 0.202. The quantitative estimate of drug-likeness (QED) is 0.752. The highest BCUT2D eigenvalue weighted by molar-refractivity contribution is 6.31. The zero-order valence-corrected chi connectivity index (χ0v) is 13.8. The molecule has 0 atom stereocenters. The number of rotatable bonds is 9. The van der Waals surface area contributed by atoms with E-state index in [4.69, 9.17) is 16.3 Å². The Bertz CT molecular complexity index is 394. The molecule has 0 aliphatic carbocycles. The molecule has 0 heterocycles. The van der Waals surface area contributed by atoms with Gasteiger partial charge in [0.05, 0.1) is 6.61 Å². The summed E-state index contributed by atoms with van der Waals surface area (Å²) in [5, 5.41) is 4.03.